The van der Waals surface area contributed by atoms with Crippen LogP contribution in [0.25, 0.3) is 0 Å². The number of H-pyrrole nitrogens is 1. The summed E-state index contributed by atoms with van der Waals surface area (Å²) in [5.74, 6) is -9.39. The van der Waals surface area contributed by atoms with Gasteiger partial charge in [0, 0.05) is 7.05 Å². The Bertz CT molecular complexity index is 918. The first-order chi connectivity index (χ1) is 12.8. The van der Waals surface area contributed by atoms with E-state index in [9.17, 15) is 45.6 Å². The molecule has 1 aromatic heterocycles. The first kappa shape index (κ1) is 21.2. The van der Waals surface area contributed by atoms with Crippen molar-refractivity contribution < 1.29 is 45.6 Å². The van der Waals surface area contributed by atoms with E-state index in [1.54, 1.807) is 0 Å². The summed E-state index contributed by atoms with van der Waals surface area (Å²) in [7, 11) is 3.86. The lowest BCUT2D eigenvalue weighted by Gasteiger charge is -2.31. The number of phenolic OH excluding ortho intramolecular Hbond substituents is 5. The van der Waals surface area contributed by atoms with Gasteiger partial charge in [0.15, 0.2) is 11.5 Å². The molecule has 28 heavy (non-hydrogen) atoms. The molecule has 0 saturated carbocycles. The zero-order valence-corrected chi connectivity index (χ0v) is 15.1. The molecule has 1 unspecified atom stereocenters. The molecule has 0 spiro atoms. The van der Waals surface area contributed by atoms with E-state index in [1.807, 2.05) is 0 Å². The molecule has 2 rings (SSSR count). The second-order valence-corrected chi connectivity index (χ2v) is 6.25. The second-order valence-electron chi connectivity index (χ2n) is 6.25. The summed E-state index contributed by atoms with van der Waals surface area (Å²) in [6.07, 6.45) is -1.81. The van der Waals surface area contributed by atoms with Crippen molar-refractivity contribution in [3.8, 4) is 34.5 Å². The second kappa shape index (κ2) is 7.12. The third-order valence-corrected chi connectivity index (χ3v) is 4.17. The Hall–Kier alpha value is -3.13. The number of nitrogens with zero attached hydrogens (tertiary/aromatic N) is 2. The topological polar surface area (TPSA) is 212 Å². The summed E-state index contributed by atoms with van der Waals surface area (Å²) in [6.45, 7) is -0.898. The summed E-state index contributed by atoms with van der Waals surface area (Å²) in [5.41, 5.74) is -2.12. The third kappa shape index (κ3) is 3.38. The van der Waals surface area contributed by atoms with Gasteiger partial charge in [0.2, 0.25) is 28.9 Å². The average molecular weight is 403 g/mol. The number of aromatic amines is 1. The number of ether oxygens (including phenoxy) is 1. The van der Waals surface area contributed by atoms with Crippen LogP contribution in [0, 0.1) is 0 Å². The molecule has 0 amide bonds. The SMILES string of the molecule is CN(C)C(O)(O)COC(c1c(O)c(O)c(O)c(O)c1O)c1c(O)c(=O)[nH]n1C. The largest absolute Gasteiger partial charge is 0.504 e. The van der Waals surface area contributed by atoms with Crippen molar-refractivity contribution in [1.29, 1.82) is 0 Å². The molecular formula is C15H21N3O10. The number of aryl methyl sites for hydroxylation is 1. The van der Waals surface area contributed by atoms with Crippen molar-refractivity contribution in [2.24, 2.45) is 7.05 Å². The van der Waals surface area contributed by atoms with Crippen molar-refractivity contribution in [3.05, 3.63) is 21.6 Å². The van der Waals surface area contributed by atoms with E-state index in [1.165, 1.54) is 21.1 Å². The van der Waals surface area contributed by atoms with E-state index in [-0.39, 0.29) is 0 Å². The molecule has 0 saturated heterocycles. The number of phenols is 5. The molecule has 0 bridgehead atoms. The first-order valence-electron chi connectivity index (χ1n) is 7.71. The van der Waals surface area contributed by atoms with Crippen molar-refractivity contribution in [1.82, 2.24) is 14.7 Å². The maximum absolute atomic E-state index is 11.7. The highest BCUT2D eigenvalue weighted by Crippen LogP contribution is 2.54. The standard InChI is InChI=1S/C15H21N3O10/c1-17(2)15(26,27)4-28-13(6-9(21)14(25)16-18(6)3)5-7(19)10(22)12(24)11(23)8(5)20/h13,19-24,26-27H,4H2,1-3H3,(H,16,25). The van der Waals surface area contributed by atoms with Gasteiger partial charge in [0.1, 0.15) is 18.4 Å². The maximum Gasteiger partial charge on any atom is 0.306 e. The lowest BCUT2D eigenvalue weighted by molar-refractivity contribution is -0.279. The van der Waals surface area contributed by atoms with Gasteiger partial charge in [-0.05, 0) is 14.1 Å². The lowest BCUT2D eigenvalue weighted by atomic mass is 10.0. The Kier molecular flexibility index (Phi) is 5.39. The van der Waals surface area contributed by atoms with Gasteiger partial charge in [0.05, 0.1) is 5.56 Å². The Balaban J connectivity index is 2.72. The van der Waals surface area contributed by atoms with Crippen LogP contribution < -0.4 is 5.56 Å². The van der Waals surface area contributed by atoms with E-state index >= 15 is 0 Å². The molecule has 13 nitrogen and oxygen atoms in total. The molecule has 13 heteroatoms. The van der Waals surface area contributed by atoms with Gasteiger partial charge in [-0.25, -0.2) is 0 Å². The molecule has 2 aromatic rings. The third-order valence-electron chi connectivity index (χ3n) is 4.17. The summed E-state index contributed by atoms with van der Waals surface area (Å²) < 4.78 is 6.27. The van der Waals surface area contributed by atoms with Crippen LogP contribution in [0.3, 0.4) is 0 Å². The molecule has 0 aliphatic heterocycles. The Morgan fingerprint density at radius 3 is 1.82 bits per heavy atom. The highest BCUT2D eigenvalue weighted by atomic mass is 16.6. The number of hydrogen-bond acceptors (Lipinski definition) is 11. The minimum Gasteiger partial charge on any atom is -0.504 e. The van der Waals surface area contributed by atoms with Gasteiger partial charge < -0.3 is 45.6 Å². The number of benzene rings is 1. The van der Waals surface area contributed by atoms with Gasteiger partial charge in [-0.1, -0.05) is 0 Å². The number of aliphatic hydroxyl groups is 2. The van der Waals surface area contributed by atoms with E-state index in [0.29, 0.717) is 0 Å². The predicted molar refractivity (Wildman–Crippen MR) is 91.1 cm³/mol. The number of aromatic hydroxyl groups is 6. The van der Waals surface area contributed by atoms with Gasteiger partial charge in [-0.2, -0.15) is 0 Å². The van der Waals surface area contributed by atoms with Crippen molar-refractivity contribution in [2.45, 2.75) is 12.0 Å². The number of aromatic nitrogens is 2. The fraction of sp³-hybridized carbons (Fsp3) is 0.400. The number of likely N-dealkylation sites (N-methyl/N-ethyl adjacent to an activating group) is 1. The summed E-state index contributed by atoms with van der Waals surface area (Å²) >= 11 is 0. The number of rotatable bonds is 6. The van der Waals surface area contributed by atoms with Crippen LogP contribution in [0.4, 0.5) is 0 Å². The smallest absolute Gasteiger partial charge is 0.306 e. The van der Waals surface area contributed by atoms with E-state index in [4.69, 9.17) is 4.74 Å². The molecule has 156 valence electrons. The molecule has 1 heterocycles. The molecule has 1 aromatic carbocycles. The maximum atomic E-state index is 11.7. The molecule has 0 radical (unpaired) electrons. The highest BCUT2D eigenvalue weighted by molar-refractivity contribution is 5.69. The molecule has 0 aliphatic rings. The monoisotopic (exact) mass is 403 g/mol. The molecule has 9 N–H and O–H groups in total. The fourth-order valence-corrected chi connectivity index (χ4v) is 2.42. The van der Waals surface area contributed by atoms with E-state index in [2.05, 4.69) is 5.10 Å². The normalized spacial score (nSPS) is 13.2. The molecule has 1 atom stereocenters. The van der Waals surface area contributed by atoms with Gasteiger partial charge in [0.25, 0.3) is 0 Å². The Labute approximate surface area is 157 Å². The van der Waals surface area contributed by atoms with Crippen LogP contribution in [-0.2, 0) is 11.8 Å². The molecular weight excluding hydrogens is 382 g/mol. The number of nitrogens with one attached hydrogen (secondary N) is 1. The quantitative estimate of drug-likeness (QED) is 0.150. The van der Waals surface area contributed by atoms with Gasteiger partial charge in [-0.15, -0.1) is 0 Å². The van der Waals surface area contributed by atoms with Crippen LogP contribution in [0.15, 0.2) is 4.79 Å². The van der Waals surface area contributed by atoms with Crippen molar-refractivity contribution in [2.75, 3.05) is 20.7 Å². The first-order valence-corrected chi connectivity index (χ1v) is 7.71. The van der Waals surface area contributed by atoms with Crippen LogP contribution in [-0.4, -0.2) is 82.1 Å². The lowest BCUT2D eigenvalue weighted by Crippen LogP contribution is -2.48. The van der Waals surface area contributed by atoms with E-state index < -0.39 is 69.9 Å². The summed E-state index contributed by atoms with van der Waals surface area (Å²) in [6, 6.07) is 0. The average Bonchev–Trinajstić information content (AvgIpc) is 2.86. The van der Waals surface area contributed by atoms with Crippen molar-refractivity contribution in [3.63, 3.8) is 0 Å². The van der Waals surface area contributed by atoms with Crippen LogP contribution in [0.2, 0.25) is 0 Å². The molecule has 0 fully saturated rings. The predicted octanol–water partition coefficient (Wildman–Crippen LogP) is -1.75. The van der Waals surface area contributed by atoms with Gasteiger partial charge in [-0.3, -0.25) is 19.5 Å². The summed E-state index contributed by atoms with van der Waals surface area (Å²) in [5, 5.41) is 81.5. The van der Waals surface area contributed by atoms with Crippen molar-refractivity contribution >= 4 is 0 Å². The molecule has 0 aliphatic carbocycles. The zero-order chi connectivity index (χ0) is 21.5. The van der Waals surface area contributed by atoms with Crippen LogP contribution in [0.5, 0.6) is 34.5 Å². The van der Waals surface area contributed by atoms with Crippen LogP contribution >= 0.6 is 0 Å². The Morgan fingerprint density at radius 1 is 0.964 bits per heavy atom. The fourth-order valence-electron chi connectivity index (χ4n) is 2.42. The zero-order valence-electron chi connectivity index (χ0n) is 15.1. The van der Waals surface area contributed by atoms with Gasteiger partial charge >= 0.3 is 5.56 Å². The number of hydrogen-bond donors (Lipinski definition) is 9. The minimum absolute atomic E-state index is 0.394. The van der Waals surface area contributed by atoms with Crippen LogP contribution in [0.1, 0.15) is 17.4 Å². The minimum atomic E-state index is -2.55. The highest BCUT2D eigenvalue weighted by Gasteiger charge is 2.37. The Morgan fingerprint density at radius 2 is 1.43 bits per heavy atom. The van der Waals surface area contributed by atoms with E-state index in [0.717, 1.165) is 9.58 Å². The summed E-state index contributed by atoms with van der Waals surface area (Å²) in [4.78, 5) is 12.7.